The van der Waals surface area contributed by atoms with Gasteiger partial charge in [0.1, 0.15) is 0 Å². The second-order valence-electron chi connectivity index (χ2n) is 11.2. The fourth-order valence-corrected chi connectivity index (χ4v) is 9.85. The first-order chi connectivity index (χ1) is 13.8. The number of rotatable bonds is 6. The van der Waals surface area contributed by atoms with Crippen LogP contribution in [0.15, 0.2) is 0 Å². The summed E-state index contributed by atoms with van der Waals surface area (Å²) in [5.74, 6) is 3.29. The van der Waals surface area contributed by atoms with E-state index in [9.17, 15) is 13.2 Å². The molecule has 0 unspecified atom stereocenters. The summed E-state index contributed by atoms with van der Waals surface area (Å²) < 4.78 is 24.1. The second-order valence-corrected chi connectivity index (χ2v) is 13.4. The average Bonchev–Trinajstić information content (AvgIpc) is 3.29. The molecule has 2 atom stereocenters. The molecule has 6 aliphatic rings. The van der Waals surface area contributed by atoms with Crippen molar-refractivity contribution < 1.29 is 13.2 Å². The Labute approximate surface area is 176 Å². The standard InChI is InChI=1S/C23H38N2O3S/c1-16(23-11-17-8-18(12-23)10-19(9-17)13-23)24-14-22(26)25(20-4-2-3-5-20)21-6-7-29(27,28)15-21/h16-21,24H,2-15H2,1H3/t16-,17?,18?,19?,21-,23?/m0/s1. The summed E-state index contributed by atoms with van der Waals surface area (Å²) in [4.78, 5) is 15.3. The molecular weight excluding hydrogens is 384 g/mol. The highest BCUT2D eigenvalue weighted by Crippen LogP contribution is 2.61. The molecular formula is C23H38N2O3S. The second kappa shape index (κ2) is 7.51. The molecule has 0 radical (unpaired) electrons. The van der Waals surface area contributed by atoms with Gasteiger partial charge in [-0.1, -0.05) is 12.8 Å². The van der Waals surface area contributed by atoms with E-state index in [2.05, 4.69) is 12.2 Å². The van der Waals surface area contributed by atoms with Crippen LogP contribution in [0.5, 0.6) is 0 Å². The van der Waals surface area contributed by atoms with Gasteiger partial charge in [0.2, 0.25) is 5.91 Å². The Morgan fingerprint density at radius 2 is 1.59 bits per heavy atom. The molecule has 29 heavy (non-hydrogen) atoms. The van der Waals surface area contributed by atoms with Gasteiger partial charge in [-0.15, -0.1) is 0 Å². The van der Waals surface area contributed by atoms with Gasteiger partial charge in [0.25, 0.3) is 0 Å². The van der Waals surface area contributed by atoms with Crippen LogP contribution < -0.4 is 5.32 Å². The maximum atomic E-state index is 13.3. The first-order valence-corrected chi connectivity index (χ1v) is 13.9. The number of nitrogens with one attached hydrogen (secondary N) is 1. The lowest BCUT2D eigenvalue weighted by molar-refractivity contribution is -0.135. The van der Waals surface area contributed by atoms with Crippen LogP contribution in [0.1, 0.15) is 77.6 Å². The van der Waals surface area contributed by atoms with Crippen LogP contribution in [0.2, 0.25) is 0 Å². The first kappa shape index (κ1) is 20.3. The van der Waals surface area contributed by atoms with E-state index in [1.165, 1.54) is 38.5 Å². The van der Waals surface area contributed by atoms with Gasteiger partial charge in [0.15, 0.2) is 9.84 Å². The van der Waals surface area contributed by atoms with Gasteiger partial charge in [0.05, 0.1) is 18.1 Å². The van der Waals surface area contributed by atoms with Gasteiger partial charge in [0, 0.05) is 18.1 Å². The van der Waals surface area contributed by atoms with Crippen LogP contribution in [0.3, 0.4) is 0 Å². The van der Waals surface area contributed by atoms with Crippen LogP contribution in [-0.2, 0) is 14.6 Å². The van der Waals surface area contributed by atoms with E-state index in [1.807, 2.05) is 4.90 Å². The van der Waals surface area contributed by atoms with E-state index in [0.29, 0.717) is 24.4 Å². The predicted molar refractivity (Wildman–Crippen MR) is 114 cm³/mol. The number of hydrogen-bond donors (Lipinski definition) is 1. The van der Waals surface area contributed by atoms with Crippen molar-refractivity contribution in [2.45, 2.75) is 95.7 Å². The third-order valence-corrected chi connectivity index (χ3v) is 10.9. The van der Waals surface area contributed by atoms with Gasteiger partial charge in [-0.2, -0.15) is 0 Å². The minimum atomic E-state index is -2.98. The molecule has 164 valence electrons. The zero-order chi connectivity index (χ0) is 20.2. The van der Waals surface area contributed by atoms with Crippen molar-refractivity contribution in [3.05, 3.63) is 0 Å². The fourth-order valence-electron chi connectivity index (χ4n) is 8.14. The molecule has 6 fully saturated rings. The molecule has 0 aromatic carbocycles. The lowest BCUT2D eigenvalue weighted by Gasteiger charge is -2.59. The van der Waals surface area contributed by atoms with Crippen molar-refractivity contribution in [3.63, 3.8) is 0 Å². The monoisotopic (exact) mass is 422 g/mol. The third kappa shape index (κ3) is 3.88. The van der Waals surface area contributed by atoms with Crippen molar-refractivity contribution in [1.82, 2.24) is 10.2 Å². The van der Waals surface area contributed by atoms with Crippen LogP contribution in [-0.4, -0.2) is 55.4 Å². The van der Waals surface area contributed by atoms with E-state index in [-0.39, 0.29) is 29.5 Å². The number of hydrogen-bond acceptors (Lipinski definition) is 4. The number of sulfone groups is 1. The van der Waals surface area contributed by atoms with Gasteiger partial charge < -0.3 is 10.2 Å². The first-order valence-electron chi connectivity index (χ1n) is 12.1. The van der Waals surface area contributed by atoms with E-state index >= 15 is 0 Å². The van der Waals surface area contributed by atoms with Crippen molar-refractivity contribution in [3.8, 4) is 0 Å². The summed E-state index contributed by atoms with van der Waals surface area (Å²) in [5, 5.41) is 3.65. The molecule has 0 aromatic rings. The molecule has 0 spiro atoms. The van der Waals surface area contributed by atoms with Crippen LogP contribution in [0, 0.1) is 23.2 Å². The van der Waals surface area contributed by atoms with Crippen molar-refractivity contribution in [2.24, 2.45) is 23.2 Å². The average molecular weight is 423 g/mol. The van der Waals surface area contributed by atoms with Gasteiger partial charge >= 0.3 is 0 Å². The van der Waals surface area contributed by atoms with Gasteiger partial charge in [-0.3, -0.25) is 4.79 Å². The van der Waals surface area contributed by atoms with E-state index in [0.717, 1.165) is 43.4 Å². The molecule has 5 saturated carbocycles. The Morgan fingerprint density at radius 1 is 1.00 bits per heavy atom. The Morgan fingerprint density at radius 3 is 2.10 bits per heavy atom. The molecule has 4 bridgehead atoms. The molecule has 1 heterocycles. The summed E-state index contributed by atoms with van der Waals surface area (Å²) in [6.45, 7) is 2.68. The Bertz CT molecular complexity index is 708. The molecule has 1 aliphatic heterocycles. The molecule has 1 N–H and O–H groups in total. The zero-order valence-corrected chi connectivity index (χ0v) is 18.8. The number of amides is 1. The maximum absolute atomic E-state index is 13.3. The van der Waals surface area contributed by atoms with Crippen LogP contribution in [0.4, 0.5) is 0 Å². The fraction of sp³-hybridized carbons (Fsp3) is 0.957. The summed E-state index contributed by atoms with van der Waals surface area (Å²) in [7, 11) is -2.98. The molecule has 5 nitrogen and oxygen atoms in total. The highest BCUT2D eigenvalue weighted by atomic mass is 32.2. The molecule has 6 heteroatoms. The highest BCUT2D eigenvalue weighted by Gasteiger charge is 2.53. The Hall–Kier alpha value is -0.620. The summed E-state index contributed by atoms with van der Waals surface area (Å²) in [6, 6.07) is 0.516. The Balaban J connectivity index is 1.24. The topological polar surface area (TPSA) is 66.5 Å². The minimum Gasteiger partial charge on any atom is -0.335 e. The van der Waals surface area contributed by atoms with E-state index in [1.54, 1.807) is 0 Å². The van der Waals surface area contributed by atoms with Crippen molar-refractivity contribution in [2.75, 3.05) is 18.1 Å². The van der Waals surface area contributed by atoms with Gasteiger partial charge in [-0.25, -0.2) is 8.42 Å². The molecule has 6 rings (SSSR count). The smallest absolute Gasteiger partial charge is 0.237 e. The molecule has 5 aliphatic carbocycles. The zero-order valence-electron chi connectivity index (χ0n) is 17.9. The largest absolute Gasteiger partial charge is 0.335 e. The van der Waals surface area contributed by atoms with Crippen LogP contribution in [0.25, 0.3) is 0 Å². The lowest BCUT2D eigenvalue weighted by Crippen LogP contribution is -2.57. The number of carbonyl (C=O) groups is 1. The van der Waals surface area contributed by atoms with E-state index in [4.69, 9.17) is 0 Å². The summed E-state index contributed by atoms with van der Waals surface area (Å²) in [5.41, 5.74) is 0.393. The highest BCUT2D eigenvalue weighted by molar-refractivity contribution is 7.91. The van der Waals surface area contributed by atoms with E-state index < -0.39 is 9.84 Å². The normalized spacial score (nSPS) is 41.7. The minimum absolute atomic E-state index is 0.104. The molecule has 1 saturated heterocycles. The third-order valence-electron chi connectivity index (χ3n) is 9.17. The molecule has 0 aromatic heterocycles. The lowest BCUT2D eigenvalue weighted by atomic mass is 9.48. The summed E-state index contributed by atoms with van der Waals surface area (Å²) >= 11 is 0. The quantitative estimate of drug-likeness (QED) is 0.714. The maximum Gasteiger partial charge on any atom is 0.237 e. The van der Waals surface area contributed by atoms with Crippen molar-refractivity contribution in [1.29, 1.82) is 0 Å². The summed E-state index contributed by atoms with van der Waals surface area (Å²) in [6.07, 6.45) is 13.4. The number of nitrogens with zero attached hydrogens (tertiary/aromatic N) is 1. The Kier molecular flexibility index (Phi) is 5.25. The van der Waals surface area contributed by atoms with Crippen LogP contribution >= 0.6 is 0 Å². The predicted octanol–water partition coefficient (Wildman–Crippen LogP) is 3.14. The molecule has 1 amide bonds. The SMILES string of the molecule is C[C@H](NCC(=O)N(C1CCCC1)[C@H]1CCS(=O)(=O)C1)C12CC3CC(CC(C3)C1)C2. The number of carbonyl (C=O) groups excluding carboxylic acids is 1. The van der Waals surface area contributed by atoms with Crippen molar-refractivity contribution >= 4 is 15.7 Å². The van der Waals surface area contributed by atoms with Gasteiger partial charge in [-0.05, 0) is 87.9 Å².